The summed E-state index contributed by atoms with van der Waals surface area (Å²) in [4.78, 5) is 13.7. The minimum Gasteiger partial charge on any atom is -0.329 e. The van der Waals surface area contributed by atoms with Crippen LogP contribution in [0.3, 0.4) is 0 Å². The second-order valence-corrected chi connectivity index (χ2v) is 5.63. The largest absolute Gasteiger partial charge is 0.329 e. The molecule has 3 nitrogen and oxygen atoms in total. The van der Waals surface area contributed by atoms with Gasteiger partial charge in [0.2, 0.25) is 0 Å². The van der Waals surface area contributed by atoms with Crippen LogP contribution in [0, 0.1) is 0 Å². The van der Waals surface area contributed by atoms with E-state index < -0.39 is 0 Å². The Labute approximate surface area is 108 Å². The SMILES string of the molecule is CC(C)N1CC(c2ccc3c(c2)CCC3)NC1=O. The number of aryl methyl sites for hydroxylation is 2. The minimum atomic E-state index is 0.0653. The summed E-state index contributed by atoms with van der Waals surface area (Å²) in [7, 11) is 0. The molecule has 0 bridgehead atoms. The number of nitrogens with zero attached hydrogens (tertiary/aromatic N) is 1. The van der Waals surface area contributed by atoms with Crippen LogP contribution in [0.25, 0.3) is 0 Å². The highest BCUT2D eigenvalue weighted by atomic mass is 16.2. The lowest BCUT2D eigenvalue weighted by Gasteiger charge is -2.19. The highest BCUT2D eigenvalue weighted by Crippen LogP contribution is 2.28. The maximum absolute atomic E-state index is 11.8. The van der Waals surface area contributed by atoms with Crippen LogP contribution in [0.15, 0.2) is 18.2 Å². The third-order valence-corrected chi connectivity index (χ3v) is 4.09. The zero-order chi connectivity index (χ0) is 12.7. The summed E-state index contributed by atoms with van der Waals surface area (Å²) in [5.74, 6) is 0. The lowest BCUT2D eigenvalue weighted by atomic mass is 10.0. The third-order valence-electron chi connectivity index (χ3n) is 4.09. The number of hydrogen-bond acceptors (Lipinski definition) is 1. The minimum absolute atomic E-state index is 0.0653. The molecule has 2 amide bonds. The molecular weight excluding hydrogens is 224 g/mol. The molecule has 3 rings (SSSR count). The van der Waals surface area contributed by atoms with E-state index in [0.29, 0.717) is 0 Å². The monoisotopic (exact) mass is 244 g/mol. The first-order valence-electron chi connectivity index (χ1n) is 6.84. The number of hydrogen-bond donors (Lipinski definition) is 1. The van der Waals surface area contributed by atoms with Gasteiger partial charge >= 0.3 is 6.03 Å². The molecule has 3 heteroatoms. The Balaban J connectivity index is 1.82. The van der Waals surface area contributed by atoms with Gasteiger partial charge in [0.25, 0.3) is 0 Å². The molecule has 1 aromatic rings. The number of carbonyl (C=O) groups excluding carboxylic acids is 1. The molecular formula is C15H20N2O. The van der Waals surface area contributed by atoms with Crippen molar-refractivity contribution in [2.45, 2.75) is 45.2 Å². The van der Waals surface area contributed by atoms with E-state index in [2.05, 4.69) is 37.4 Å². The maximum atomic E-state index is 11.8. The van der Waals surface area contributed by atoms with Gasteiger partial charge < -0.3 is 10.2 Å². The van der Waals surface area contributed by atoms with Crippen molar-refractivity contribution in [3.63, 3.8) is 0 Å². The van der Waals surface area contributed by atoms with E-state index in [1.807, 2.05) is 4.90 Å². The van der Waals surface area contributed by atoms with Gasteiger partial charge in [-0.2, -0.15) is 0 Å². The number of fused-ring (bicyclic) bond motifs is 1. The third kappa shape index (κ3) is 1.88. The predicted octanol–water partition coefficient (Wildman–Crippen LogP) is 2.65. The second kappa shape index (κ2) is 4.30. The molecule has 1 aromatic carbocycles. The summed E-state index contributed by atoms with van der Waals surface area (Å²) >= 11 is 0. The standard InChI is InChI=1S/C15H20N2O/c1-10(2)17-9-14(16-15(17)18)13-7-6-11-4-3-5-12(11)8-13/h6-8,10,14H,3-5,9H2,1-2H3,(H,16,18). The molecule has 1 heterocycles. The number of urea groups is 1. The van der Waals surface area contributed by atoms with Gasteiger partial charge in [0.15, 0.2) is 0 Å². The first kappa shape index (κ1) is 11.6. The van der Waals surface area contributed by atoms with Gasteiger partial charge in [0.1, 0.15) is 0 Å². The van der Waals surface area contributed by atoms with E-state index in [-0.39, 0.29) is 18.1 Å². The molecule has 1 fully saturated rings. The molecule has 1 aliphatic heterocycles. The lowest BCUT2D eigenvalue weighted by molar-refractivity contribution is 0.206. The topological polar surface area (TPSA) is 32.3 Å². The molecule has 0 radical (unpaired) electrons. The molecule has 1 N–H and O–H groups in total. The van der Waals surface area contributed by atoms with Gasteiger partial charge in [-0.15, -0.1) is 0 Å². The molecule has 0 aromatic heterocycles. The molecule has 1 saturated heterocycles. The van der Waals surface area contributed by atoms with E-state index in [4.69, 9.17) is 0 Å². The van der Waals surface area contributed by atoms with E-state index in [1.54, 1.807) is 0 Å². The Kier molecular flexibility index (Phi) is 2.77. The van der Waals surface area contributed by atoms with Crippen LogP contribution < -0.4 is 5.32 Å². The van der Waals surface area contributed by atoms with E-state index >= 15 is 0 Å². The van der Waals surface area contributed by atoms with Crippen molar-refractivity contribution < 1.29 is 4.79 Å². The molecule has 18 heavy (non-hydrogen) atoms. The van der Waals surface area contributed by atoms with Crippen molar-refractivity contribution in [1.29, 1.82) is 0 Å². The van der Waals surface area contributed by atoms with Crippen LogP contribution in [0.1, 0.15) is 43.0 Å². The smallest absolute Gasteiger partial charge is 0.318 e. The molecule has 1 unspecified atom stereocenters. The Morgan fingerprint density at radius 2 is 2.06 bits per heavy atom. The van der Waals surface area contributed by atoms with Crippen molar-refractivity contribution in [1.82, 2.24) is 10.2 Å². The normalized spacial score (nSPS) is 22.5. The summed E-state index contributed by atoms with van der Waals surface area (Å²) in [6.07, 6.45) is 3.68. The fourth-order valence-corrected chi connectivity index (χ4v) is 3.00. The lowest BCUT2D eigenvalue weighted by Crippen LogP contribution is -2.33. The molecule has 0 spiro atoms. The zero-order valence-corrected chi connectivity index (χ0v) is 11.1. The summed E-state index contributed by atoms with van der Waals surface area (Å²) in [6, 6.07) is 7.20. The van der Waals surface area contributed by atoms with Crippen molar-refractivity contribution in [2.24, 2.45) is 0 Å². The first-order valence-corrected chi connectivity index (χ1v) is 6.84. The fraction of sp³-hybridized carbons (Fsp3) is 0.533. The molecule has 0 saturated carbocycles. The summed E-state index contributed by atoms with van der Waals surface area (Å²) in [5.41, 5.74) is 4.22. The zero-order valence-electron chi connectivity index (χ0n) is 11.1. The molecule has 1 atom stereocenters. The van der Waals surface area contributed by atoms with Crippen LogP contribution in [-0.4, -0.2) is 23.5 Å². The number of carbonyl (C=O) groups is 1. The van der Waals surface area contributed by atoms with E-state index in [1.165, 1.54) is 36.0 Å². The summed E-state index contributed by atoms with van der Waals surface area (Å²) < 4.78 is 0. The average molecular weight is 244 g/mol. The van der Waals surface area contributed by atoms with Gasteiger partial charge in [-0.25, -0.2) is 4.79 Å². The van der Waals surface area contributed by atoms with Gasteiger partial charge in [0.05, 0.1) is 6.04 Å². The molecule has 96 valence electrons. The molecule has 1 aliphatic carbocycles. The Hall–Kier alpha value is -1.51. The van der Waals surface area contributed by atoms with Crippen molar-refractivity contribution in [3.05, 3.63) is 34.9 Å². The quantitative estimate of drug-likeness (QED) is 0.852. The van der Waals surface area contributed by atoms with Gasteiger partial charge in [-0.05, 0) is 49.8 Å². The highest BCUT2D eigenvalue weighted by molar-refractivity contribution is 5.77. The van der Waals surface area contributed by atoms with Crippen LogP contribution in [0.4, 0.5) is 4.79 Å². The van der Waals surface area contributed by atoms with Gasteiger partial charge in [-0.3, -0.25) is 0 Å². The highest BCUT2D eigenvalue weighted by Gasteiger charge is 2.31. The van der Waals surface area contributed by atoms with Crippen molar-refractivity contribution >= 4 is 6.03 Å². The van der Waals surface area contributed by atoms with Gasteiger partial charge in [0, 0.05) is 12.6 Å². The fourth-order valence-electron chi connectivity index (χ4n) is 3.00. The number of benzene rings is 1. The van der Waals surface area contributed by atoms with Crippen molar-refractivity contribution in [2.75, 3.05) is 6.54 Å². The van der Waals surface area contributed by atoms with Crippen LogP contribution in [-0.2, 0) is 12.8 Å². The van der Waals surface area contributed by atoms with Crippen LogP contribution in [0.2, 0.25) is 0 Å². The van der Waals surface area contributed by atoms with E-state index in [0.717, 1.165) is 6.54 Å². The Morgan fingerprint density at radius 3 is 2.78 bits per heavy atom. The molecule has 2 aliphatic rings. The summed E-state index contributed by atoms with van der Waals surface area (Å²) in [5, 5.41) is 3.08. The average Bonchev–Trinajstić information content (AvgIpc) is 2.93. The van der Waals surface area contributed by atoms with E-state index in [9.17, 15) is 4.79 Å². The van der Waals surface area contributed by atoms with Crippen LogP contribution in [0.5, 0.6) is 0 Å². The summed E-state index contributed by atoms with van der Waals surface area (Å²) in [6.45, 7) is 4.91. The Bertz CT molecular complexity index is 481. The van der Waals surface area contributed by atoms with Gasteiger partial charge in [-0.1, -0.05) is 18.2 Å². The maximum Gasteiger partial charge on any atom is 0.318 e. The first-order chi connectivity index (χ1) is 8.65. The van der Waals surface area contributed by atoms with Crippen molar-refractivity contribution in [3.8, 4) is 0 Å². The van der Waals surface area contributed by atoms with Crippen LogP contribution >= 0.6 is 0 Å². The number of rotatable bonds is 2. The number of amides is 2. The second-order valence-electron chi connectivity index (χ2n) is 5.63. The number of nitrogens with one attached hydrogen (secondary N) is 1. The Morgan fingerprint density at radius 1 is 1.28 bits per heavy atom. The predicted molar refractivity (Wildman–Crippen MR) is 71.6 cm³/mol.